The van der Waals surface area contributed by atoms with E-state index < -0.39 is 0 Å². The zero-order chi connectivity index (χ0) is 15.4. The molecule has 21 heavy (non-hydrogen) atoms. The SMILES string of the molecule is CCCCCCC(C)(CCCCCC)CCN1CCOC1. The van der Waals surface area contributed by atoms with Crippen molar-refractivity contribution in [3.05, 3.63) is 0 Å². The van der Waals surface area contributed by atoms with E-state index in [4.69, 9.17) is 4.74 Å². The summed E-state index contributed by atoms with van der Waals surface area (Å²) in [4.78, 5) is 2.48. The van der Waals surface area contributed by atoms with Crippen LogP contribution in [-0.2, 0) is 4.74 Å². The highest BCUT2D eigenvalue weighted by Crippen LogP contribution is 2.35. The van der Waals surface area contributed by atoms with Gasteiger partial charge >= 0.3 is 0 Å². The van der Waals surface area contributed by atoms with E-state index >= 15 is 0 Å². The van der Waals surface area contributed by atoms with Crippen molar-refractivity contribution in [2.24, 2.45) is 5.41 Å². The number of ether oxygens (including phenoxy) is 1. The molecule has 1 rings (SSSR count). The van der Waals surface area contributed by atoms with Crippen molar-refractivity contribution >= 4 is 0 Å². The molecule has 0 aromatic heterocycles. The van der Waals surface area contributed by atoms with Crippen LogP contribution in [0, 0.1) is 5.41 Å². The van der Waals surface area contributed by atoms with Crippen molar-refractivity contribution in [3.8, 4) is 0 Å². The van der Waals surface area contributed by atoms with Crippen LogP contribution in [0.5, 0.6) is 0 Å². The fourth-order valence-electron chi connectivity index (χ4n) is 3.39. The summed E-state index contributed by atoms with van der Waals surface area (Å²) in [5.74, 6) is 0. The summed E-state index contributed by atoms with van der Waals surface area (Å²) in [6.45, 7) is 11.3. The van der Waals surface area contributed by atoms with E-state index in [1.165, 1.54) is 77.2 Å². The third kappa shape index (κ3) is 8.83. The van der Waals surface area contributed by atoms with Gasteiger partial charge in [-0.3, -0.25) is 4.90 Å². The first kappa shape index (κ1) is 19.0. The molecule has 0 aromatic rings. The molecule has 0 saturated carbocycles. The van der Waals surface area contributed by atoms with Crippen LogP contribution >= 0.6 is 0 Å². The summed E-state index contributed by atoms with van der Waals surface area (Å²) in [5, 5.41) is 0. The van der Waals surface area contributed by atoms with Crippen LogP contribution in [-0.4, -0.2) is 31.3 Å². The lowest BCUT2D eigenvalue weighted by Crippen LogP contribution is -2.27. The Morgan fingerprint density at radius 3 is 1.95 bits per heavy atom. The minimum absolute atomic E-state index is 0.560. The van der Waals surface area contributed by atoms with Gasteiger partial charge in [0.25, 0.3) is 0 Å². The maximum absolute atomic E-state index is 5.47. The topological polar surface area (TPSA) is 12.5 Å². The van der Waals surface area contributed by atoms with Gasteiger partial charge in [-0.25, -0.2) is 0 Å². The highest BCUT2D eigenvalue weighted by atomic mass is 16.5. The monoisotopic (exact) mass is 297 g/mol. The lowest BCUT2D eigenvalue weighted by molar-refractivity contribution is 0.123. The lowest BCUT2D eigenvalue weighted by atomic mass is 9.77. The smallest absolute Gasteiger partial charge is 0.0991 e. The van der Waals surface area contributed by atoms with Crippen LogP contribution in [0.25, 0.3) is 0 Å². The summed E-state index contributed by atoms with van der Waals surface area (Å²) in [6, 6.07) is 0. The summed E-state index contributed by atoms with van der Waals surface area (Å²) in [5.41, 5.74) is 0.560. The molecular formula is C19H39NO. The molecule has 0 aromatic carbocycles. The Kier molecular flexibility index (Phi) is 10.4. The highest BCUT2D eigenvalue weighted by molar-refractivity contribution is 4.77. The molecule has 2 heteroatoms. The summed E-state index contributed by atoms with van der Waals surface area (Å²) in [6.07, 6.45) is 15.4. The van der Waals surface area contributed by atoms with Gasteiger partial charge in [0.1, 0.15) is 0 Å². The van der Waals surface area contributed by atoms with Crippen molar-refractivity contribution in [1.29, 1.82) is 0 Å². The molecule has 1 saturated heterocycles. The normalized spacial score (nSPS) is 16.7. The second kappa shape index (κ2) is 11.5. The quantitative estimate of drug-likeness (QED) is 0.409. The molecule has 1 fully saturated rings. The molecule has 0 amide bonds. The van der Waals surface area contributed by atoms with E-state index in [2.05, 4.69) is 25.7 Å². The standard InChI is InChI=1S/C19H39NO/c1-4-6-8-10-12-19(3,13-11-9-7-5-2)14-15-20-16-17-21-18-20/h4-18H2,1-3H3. The Labute approximate surface area is 133 Å². The predicted molar refractivity (Wildman–Crippen MR) is 92.6 cm³/mol. The van der Waals surface area contributed by atoms with Crippen LogP contribution in [0.2, 0.25) is 0 Å². The van der Waals surface area contributed by atoms with Crippen LogP contribution in [0.1, 0.15) is 91.4 Å². The average Bonchev–Trinajstić information content (AvgIpc) is 3.00. The van der Waals surface area contributed by atoms with E-state index in [1.807, 2.05) is 0 Å². The summed E-state index contributed by atoms with van der Waals surface area (Å²) in [7, 11) is 0. The number of unbranched alkanes of at least 4 members (excludes halogenated alkanes) is 6. The molecule has 2 nitrogen and oxygen atoms in total. The maximum Gasteiger partial charge on any atom is 0.0991 e. The fraction of sp³-hybridized carbons (Fsp3) is 1.00. The highest BCUT2D eigenvalue weighted by Gasteiger charge is 2.25. The Bertz CT molecular complexity index is 224. The molecule has 126 valence electrons. The number of hydrogen-bond acceptors (Lipinski definition) is 2. The molecule has 1 aliphatic heterocycles. The summed E-state index contributed by atoms with van der Waals surface area (Å²) >= 11 is 0. The second-order valence-electron chi connectivity index (χ2n) is 7.34. The first-order chi connectivity index (χ1) is 10.2. The van der Waals surface area contributed by atoms with Crippen molar-refractivity contribution in [3.63, 3.8) is 0 Å². The summed E-state index contributed by atoms with van der Waals surface area (Å²) < 4.78 is 5.47. The Hall–Kier alpha value is -0.0800. The molecule has 1 heterocycles. The first-order valence-electron chi connectivity index (χ1n) is 9.50. The fourth-order valence-corrected chi connectivity index (χ4v) is 3.39. The van der Waals surface area contributed by atoms with Gasteiger partial charge in [-0.1, -0.05) is 72.1 Å². The third-order valence-corrected chi connectivity index (χ3v) is 5.13. The van der Waals surface area contributed by atoms with E-state index in [9.17, 15) is 0 Å². The van der Waals surface area contributed by atoms with Gasteiger partial charge in [-0.2, -0.15) is 0 Å². The molecule has 0 unspecified atom stereocenters. The number of rotatable bonds is 13. The molecule has 0 N–H and O–H groups in total. The van der Waals surface area contributed by atoms with Gasteiger partial charge in [0, 0.05) is 13.1 Å². The Morgan fingerprint density at radius 2 is 1.48 bits per heavy atom. The van der Waals surface area contributed by atoms with E-state index in [0.717, 1.165) is 19.9 Å². The van der Waals surface area contributed by atoms with Gasteiger partial charge in [-0.05, 0) is 24.7 Å². The van der Waals surface area contributed by atoms with Crippen LogP contribution in [0.4, 0.5) is 0 Å². The number of hydrogen-bond donors (Lipinski definition) is 0. The molecule has 1 aliphatic rings. The van der Waals surface area contributed by atoms with Crippen molar-refractivity contribution in [1.82, 2.24) is 4.90 Å². The lowest BCUT2D eigenvalue weighted by Gasteiger charge is -2.31. The number of nitrogens with zero attached hydrogens (tertiary/aromatic N) is 1. The van der Waals surface area contributed by atoms with E-state index in [0.29, 0.717) is 5.41 Å². The molecule has 0 radical (unpaired) electrons. The van der Waals surface area contributed by atoms with Crippen LogP contribution < -0.4 is 0 Å². The predicted octanol–water partition coefficient (Wildman–Crippen LogP) is 5.61. The maximum atomic E-state index is 5.47. The van der Waals surface area contributed by atoms with Crippen molar-refractivity contribution in [2.45, 2.75) is 91.4 Å². The van der Waals surface area contributed by atoms with E-state index in [1.54, 1.807) is 0 Å². The van der Waals surface area contributed by atoms with Crippen molar-refractivity contribution < 1.29 is 4.74 Å². The molecule has 0 bridgehead atoms. The largest absolute Gasteiger partial charge is 0.365 e. The Balaban J connectivity index is 2.30. The van der Waals surface area contributed by atoms with Gasteiger partial charge in [-0.15, -0.1) is 0 Å². The van der Waals surface area contributed by atoms with Gasteiger partial charge in [0.15, 0.2) is 0 Å². The van der Waals surface area contributed by atoms with Gasteiger partial charge in [0.2, 0.25) is 0 Å². The molecule has 0 aliphatic carbocycles. The zero-order valence-corrected chi connectivity index (χ0v) is 15.0. The van der Waals surface area contributed by atoms with Crippen molar-refractivity contribution in [2.75, 3.05) is 26.4 Å². The average molecular weight is 298 g/mol. The molecular weight excluding hydrogens is 258 g/mol. The first-order valence-corrected chi connectivity index (χ1v) is 9.50. The zero-order valence-electron chi connectivity index (χ0n) is 15.0. The van der Waals surface area contributed by atoms with Gasteiger partial charge < -0.3 is 4.74 Å². The molecule has 0 spiro atoms. The van der Waals surface area contributed by atoms with E-state index in [-0.39, 0.29) is 0 Å². The minimum atomic E-state index is 0.560. The second-order valence-corrected chi connectivity index (χ2v) is 7.34. The molecule has 0 atom stereocenters. The van der Waals surface area contributed by atoms with Crippen LogP contribution in [0.15, 0.2) is 0 Å². The minimum Gasteiger partial charge on any atom is -0.365 e. The van der Waals surface area contributed by atoms with Gasteiger partial charge in [0.05, 0.1) is 13.3 Å². The Morgan fingerprint density at radius 1 is 0.857 bits per heavy atom. The third-order valence-electron chi connectivity index (χ3n) is 5.13. The van der Waals surface area contributed by atoms with Crippen LogP contribution in [0.3, 0.4) is 0 Å².